The molecule has 1 atom stereocenters. The van der Waals surface area contributed by atoms with Gasteiger partial charge in [-0.3, -0.25) is 0 Å². The van der Waals surface area contributed by atoms with Crippen molar-refractivity contribution in [3.63, 3.8) is 0 Å². The van der Waals surface area contributed by atoms with Crippen molar-refractivity contribution in [2.24, 2.45) is 0 Å². The first kappa shape index (κ1) is 26.3. The second kappa shape index (κ2) is 10.5. The number of rotatable bonds is 5. The third-order valence-corrected chi connectivity index (χ3v) is 7.09. The Balaban J connectivity index is 1.21. The van der Waals surface area contributed by atoms with Crippen LogP contribution in [0.4, 0.5) is 28.4 Å². The van der Waals surface area contributed by atoms with Crippen LogP contribution >= 0.6 is 0 Å². The zero-order valence-electron chi connectivity index (χ0n) is 21.0. The maximum absolute atomic E-state index is 13.0. The van der Waals surface area contributed by atoms with Crippen molar-refractivity contribution >= 4 is 34.8 Å². The molecule has 0 spiro atoms. The smallest absolute Gasteiger partial charge is 0.449 e. The van der Waals surface area contributed by atoms with Crippen molar-refractivity contribution < 1.29 is 32.3 Å². The molecule has 0 saturated carbocycles. The highest BCUT2D eigenvalue weighted by Crippen LogP contribution is 2.29. The van der Waals surface area contributed by atoms with E-state index in [1.165, 1.54) is 19.2 Å². The monoisotopic (exact) mass is 544 g/mol. The third-order valence-electron chi connectivity index (χ3n) is 7.09. The van der Waals surface area contributed by atoms with Gasteiger partial charge in [0.05, 0.1) is 18.1 Å². The predicted octanol–water partition coefficient (Wildman–Crippen LogP) is 3.89. The maximum atomic E-state index is 13.0. The molecule has 1 saturated heterocycles. The summed E-state index contributed by atoms with van der Waals surface area (Å²) in [4.78, 5) is 47.3. The molecule has 3 N–H and O–H groups in total. The quantitative estimate of drug-likeness (QED) is 0.421. The second-order valence-electron chi connectivity index (χ2n) is 9.60. The lowest BCUT2D eigenvalue weighted by atomic mass is 10.0. The van der Waals surface area contributed by atoms with Crippen LogP contribution < -0.4 is 10.6 Å². The van der Waals surface area contributed by atoms with Crippen molar-refractivity contribution in [1.29, 1.82) is 0 Å². The topological polar surface area (TPSA) is 120 Å². The van der Waals surface area contributed by atoms with Gasteiger partial charge in [-0.05, 0) is 42.2 Å². The number of esters is 1. The summed E-state index contributed by atoms with van der Waals surface area (Å²) < 4.78 is 43.8. The number of aromatic amines is 1. The van der Waals surface area contributed by atoms with Crippen LogP contribution in [0.2, 0.25) is 0 Å². The fourth-order valence-electron chi connectivity index (χ4n) is 5.03. The number of hydrogen-bond donors (Lipinski definition) is 3. The Morgan fingerprint density at radius 2 is 1.92 bits per heavy atom. The van der Waals surface area contributed by atoms with Crippen LogP contribution in [0, 0.1) is 0 Å². The SMILES string of the molecule is COC(=O)[C@@H](Cc1ccc2nc(C(F)(F)F)[nH]c2c1)NC(=O)N1CCC(N2Cc3ccccc3NC2=O)CC1. The van der Waals surface area contributed by atoms with E-state index in [0.717, 1.165) is 11.3 Å². The fraction of sp³-hybridized carbons (Fsp3) is 0.385. The number of piperidine rings is 1. The average Bonchev–Trinajstić information content (AvgIpc) is 3.36. The number of aromatic nitrogens is 2. The van der Waals surface area contributed by atoms with Crippen LogP contribution in [-0.2, 0) is 28.7 Å². The molecule has 0 unspecified atom stereocenters. The average molecular weight is 545 g/mol. The lowest BCUT2D eigenvalue weighted by Gasteiger charge is -2.40. The highest BCUT2D eigenvalue weighted by atomic mass is 19.4. The van der Waals surface area contributed by atoms with E-state index >= 15 is 0 Å². The van der Waals surface area contributed by atoms with Crippen LogP contribution in [0.25, 0.3) is 11.0 Å². The van der Waals surface area contributed by atoms with E-state index in [0.29, 0.717) is 38.0 Å². The summed E-state index contributed by atoms with van der Waals surface area (Å²) in [6, 6.07) is 10.3. The predicted molar refractivity (Wildman–Crippen MR) is 135 cm³/mol. The standard InChI is InChI=1S/C26H27F3N6O4/c1-39-22(36)21(13-15-6-7-19-20(12-15)31-23(30-19)26(27,28)29)33-24(37)34-10-8-17(9-11-34)35-14-16-4-2-3-5-18(16)32-25(35)38/h2-7,12,17,21H,8-11,13-14H2,1H3,(H,30,31)(H,32,38)(H,33,37)/t21-/m1/s1. The minimum absolute atomic E-state index is 0.0124. The number of anilines is 1. The van der Waals surface area contributed by atoms with E-state index in [9.17, 15) is 27.6 Å². The zero-order chi connectivity index (χ0) is 27.7. The first-order valence-electron chi connectivity index (χ1n) is 12.5. The fourth-order valence-corrected chi connectivity index (χ4v) is 5.03. The van der Waals surface area contributed by atoms with E-state index in [4.69, 9.17) is 4.74 Å². The number of imidazole rings is 1. The number of amides is 4. The Morgan fingerprint density at radius 1 is 1.18 bits per heavy atom. The van der Waals surface area contributed by atoms with Gasteiger partial charge in [0.15, 0.2) is 0 Å². The van der Waals surface area contributed by atoms with Crippen LogP contribution in [0.3, 0.4) is 0 Å². The molecule has 0 radical (unpaired) electrons. The molecular formula is C26H27F3N6O4. The first-order valence-corrected chi connectivity index (χ1v) is 12.5. The summed E-state index contributed by atoms with van der Waals surface area (Å²) in [6.45, 7) is 1.26. The van der Waals surface area contributed by atoms with E-state index in [1.54, 1.807) is 15.9 Å². The maximum Gasteiger partial charge on any atom is 0.449 e. The lowest BCUT2D eigenvalue weighted by Crippen LogP contribution is -2.54. The van der Waals surface area contributed by atoms with Gasteiger partial charge in [-0.2, -0.15) is 13.2 Å². The molecular weight excluding hydrogens is 517 g/mol. The number of H-pyrrole nitrogens is 1. The molecule has 13 heteroatoms. The number of carbonyl (C=O) groups is 3. The third kappa shape index (κ3) is 5.61. The number of nitrogens with zero attached hydrogens (tertiary/aromatic N) is 3. The van der Waals surface area contributed by atoms with E-state index in [2.05, 4.69) is 20.6 Å². The minimum Gasteiger partial charge on any atom is -0.467 e. The number of hydrogen-bond acceptors (Lipinski definition) is 5. The number of fused-ring (bicyclic) bond motifs is 2. The Labute approximate surface area is 221 Å². The van der Waals surface area contributed by atoms with Gasteiger partial charge in [0.2, 0.25) is 5.82 Å². The largest absolute Gasteiger partial charge is 0.467 e. The lowest BCUT2D eigenvalue weighted by molar-refractivity contribution is -0.144. The molecule has 39 heavy (non-hydrogen) atoms. The summed E-state index contributed by atoms with van der Waals surface area (Å²) in [7, 11) is 1.20. The van der Waals surface area contributed by atoms with E-state index in [1.807, 2.05) is 24.3 Å². The molecule has 1 fully saturated rings. The number of urea groups is 2. The molecule has 0 bridgehead atoms. The molecule has 1 aromatic heterocycles. The Hall–Kier alpha value is -4.29. The Kier molecular flexibility index (Phi) is 7.06. The highest BCUT2D eigenvalue weighted by molar-refractivity contribution is 5.92. The highest BCUT2D eigenvalue weighted by Gasteiger charge is 2.35. The molecule has 10 nitrogen and oxygen atoms in total. The van der Waals surface area contributed by atoms with Gasteiger partial charge < -0.3 is 30.2 Å². The van der Waals surface area contributed by atoms with Gasteiger partial charge in [-0.25, -0.2) is 19.4 Å². The van der Waals surface area contributed by atoms with Gasteiger partial charge in [0.1, 0.15) is 6.04 Å². The first-order chi connectivity index (χ1) is 18.6. The molecule has 2 aliphatic rings. The molecule has 206 valence electrons. The van der Waals surface area contributed by atoms with Crippen molar-refractivity contribution in [2.45, 2.75) is 44.1 Å². The van der Waals surface area contributed by atoms with Crippen LogP contribution in [-0.4, -0.2) is 70.1 Å². The summed E-state index contributed by atoms with van der Waals surface area (Å²) in [5.41, 5.74) is 2.66. The van der Waals surface area contributed by atoms with Crippen molar-refractivity contribution in [3.05, 3.63) is 59.4 Å². The van der Waals surface area contributed by atoms with Crippen LogP contribution in [0.5, 0.6) is 0 Å². The number of nitrogens with one attached hydrogen (secondary N) is 3. The molecule has 3 heterocycles. The molecule has 3 aromatic rings. The number of ether oxygens (including phenoxy) is 1. The van der Waals surface area contributed by atoms with E-state index < -0.39 is 30.0 Å². The molecule has 2 aromatic carbocycles. The Bertz CT molecular complexity index is 1400. The molecule has 5 rings (SSSR count). The molecule has 2 aliphatic heterocycles. The zero-order valence-corrected chi connectivity index (χ0v) is 21.0. The summed E-state index contributed by atoms with van der Waals surface area (Å²) in [6.07, 6.45) is -3.45. The number of methoxy groups -OCH3 is 1. The van der Waals surface area contributed by atoms with Crippen LogP contribution in [0.1, 0.15) is 29.8 Å². The number of para-hydroxylation sites is 1. The number of halogens is 3. The van der Waals surface area contributed by atoms with Crippen molar-refractivity contribution in [2.75, 3.05) is 25.5 Å². The van der Waals surface area contributed by atoms with Gasteiger partial charge in [-0.1, -0.05) is 24.3 Å². The normalized spacial score (nSPS) is 17.0. The van der Waals surface area contributed by atoms with Gasteiger partial charge >= 0.3 is 24.2 Å². The number of benzene rings is 2. The number of likely N-dealkylation sites (tertiary alicyclic amines) is 1. The van der Waals surface area contributed by atoms with E-state index in [-0.39, 0.29) is 29.5 Å². The van der Waals surface area contributed by atoms with Crippen LogP contribution in [0.15, 0.2) is 42.5 Å². The number of carbonyl (C=O) groups excluding carboxylic acids is 3. The minimum atomic E-state index is -4.61. The van der Waals surface area contributed by atoms with Crippen molar-refractivity contribution in [1.82, 2.24) is 25.1 Å². The summed E-state index contributed by atoms with van der Waals surface area (Å²) in [5, 5.41) is 5.60. The number of alkyl halides is 3. The summed E-state index contributed by atoms with van der Waals surface area (Å²) in [5.74, 6) is -1.79. The Morgan fingerprint density at radius 3 is 2.64 bits per heavy atom. The van der Waals surface area contributed by atoms with Gasteiger partial charge in [0, 0.05) is 37.8 Å². The second-order valence-corrected chi connectivity index (χ2v) is 9.60. The summed E-state index contributed by atoms with van der Waals surface area (Å²) >= 11 is 0. The van der Waals surface area contributed by atoms with Gasteiger partial charge in [0.25, 0.3) is 0 Å². The van der Waals surface area contributed by atoms with Gasteiger partial charge in [-0.15, -0.1) is 0 Å². The molecule has 0 aliphatic carbocycles. The molecule has 4 amide bonds. The van der Waals surface area contributed by atoms with Crippen molar-refractivity contribution in [3.8, 4) is 0 Å².